The molecule has 0 radical (unpaired) electrons. The van der Waals surface area contributed by atoms with Gasteiger partial charge in [0.2, 0.25) is 0 Å². The van der Waals surface area contributed by atoms with E-state index in [1.54, 1.807) is 0 Å². The summed E-state index contributed by atoms with van der Waals surface area (Å²) >= 11 is 3.42. The summed E-state index contributed by atoms with van der Waals surface area (Å²) in [6, 6.07) is 2.11. The predicted octanol–water partition coefficient (Wildman–Crippen LogP) is 3.42. The second kappa shape index (κ2) is 5.85. The Bertz CT molecular complexity index is 450. The van der Waals surface area contributed by atoms with Gasteiger partial charge in [0.05, 0.1) is 0 Å². The smallest absolute Gasteiger partial charge is 0.254 e. The van der Waals surface area contributed by atoms with Gasteiger partial charge < -0.3 is 4.57 Å². The fourth-order valence-electron chi connectivity index (χ4n) is 2.64. The van der Waals surface area contributed by atoms with E-state index >= 15 is 0 Å². The van der Waals surface area contributed by atoms with E-state index in [1.807, 2.05) is 4.57 Å². The van der Waals surface area contributed by atoms with Crippen molar-refractivity contribution in [2.45, 2.75) is 57.3 Å². The molecule has 0 aliphatic heterocycles. The van der Waals surface area contributed by atoms with Crippen LogP contribution in [0.4, 0.5) is 0 Å². The molecule has 0 atom stereocenters. The molecule has 1 aliphatic carbocycles. The van der Waals surface area contributed by atoms with E-state index in [1.165, 1.54) is 30.5 Å². The third kappa shape index (κ3) is 2.65. The molecule has 3 heteroatoms. The molecular weight excluding hydrogens is 278 g/mol. The Morgan fingerprint density at radius 2 is 2.18 bits per heavy atom. The summed E-state index contributed by atoms with van der Waals surface area (Å²) < 4.78 is 2.04. The zero-order chi connectivity index (χ0) is 12.3. The molecule has 17 heavy (non-hydrogen) atoms. The number of halogens is 1. The minimum Gasteiger partial charge on any atom is -0.312 e. The molecule has 2 rings (SSSR count). The van der Waals surface area contributed by atoms with Crippen molar-refractivity contribution in [3.63, 3.8) is 0 Å². The van der Waals surface area contributed by atoms with Gasteiger partial charge in [0, 0.05) is 23.1 Å². The number of nitrogens with zero attached hydrogens (tertiary/aromatic N) is 1. The summed E-state index contributed by atoms with van der Waals surface area (Å²) in [6.45, 7) is 3.10. The number of rotatable bonds is 5. The van der Waals surface area contributed by atoms with Crippen LogP contribution in [0.25, 0.3) is 0 Å². The first-order chi connectivity index (χ1) is 8.27. The van der Waals surface area contributed by atoms with Crippen LogP contribution >= 0.6 is 15.9 Å². The molecule has 1 aliphatic rings. The summed E-state index contributed by atoms with van der Waals surface area (Å²) in [5.74, 6) is 0. The van der Waals surface area contributed by atoms with E-state index in [4.69, 9.17) is 0 Å². The van der Waals surface area contributed by atoms with Crippen LogP contribution in [0.2, 0.25) is 0 Å². The van der Waals surface area contributed by atoms with Crippen LogP contribution in [0.1, 0.15) is 49.4 Å². The van der Waals surface area contributed by atoms with Gasteiger partial charge in [-0.3, -0.25) is 4.79 Å². The zero-order valence-corrected chi connectivity index (χ0v) is 12.1. The third-order valence-corrected chi connectivity index (χ3v) is 4.16. The molecule has 1 heterocycles. The first-order valence-electron chi connectivity index (χ1n) is 6.58. The highest BCUT2D eigenvalue weighted by molar-refractivity contribution is 9.08. The Hall–Kier alpha value is -0.570. The number of aryl methyl sites for hydroxylation is 1. The van der Waals surface area contributed by atoms with Crippen molar-refractivity contribution >= 4 is 15.9 Å². The predicted molar refractivity (Wildman–Crippen MR) is 74.9 cm³/mol. The van der Waals surface area contributed by atoms with E-state index in [0.717, 1.165) is 31.4 Å². The molecule has 0 amide bonds. The molecule has 1 aromatic heterocycles. The lowest BCUT2D eigenvalue weighted by Crippen LogP contribution is -2.26. The third-order valence-electron chi connectivity index (χ3n) is 3.55. The van der Waals surface area contributed by atoms with Gasteiger partial charge in [-0.15, -0.1) is 0 Å². The Labute approximate surface area is 111 Å². The van der Waals surface area contributed by atoms with Crippen LogP contribution in [0.3, 0.4) is 0 Å². The Morgan fingerprint density at radius 1 is 1.35 bits per heavy atom. The average molecular weight is 298 g/mol. The van der Waals surface area contributed by atoms with Gasteiger partial charge in [-0.2, -0.15) is 0 Å². The molecule has 0 spiro atoms. The highest BCUT2D eigenvalue weighted by Crippen LogP contribution is 2.22. The molecular formula is C14H20BrNO. The van der Waals surface area contributed by atoms with Crippen LogP contribution in [-0.4, -0.2) is 4.57 Å². The van der Waals surface area contributed by atoms with Gasteiger partial charge in [0.25, 0.3) is 5.56 Å². The fourth-order valence-corrected chi connectivity index (χ4v) is 3.04. The number of hydrogen-bond donors (Lipinski definition) is 0. The van der Waals surface area contributed by atoms with Gasteiger partial charge >= 0.3 is 0 Å². The van der Waals surface area contributed by atoms with Crippen molar-refractivity contribution in [2.75, 3.05) is 0 Å². The lowest BCUT2D eigenvalue weighted by molar-refractivity contribution is 0.567. The molecule has 0 saturated heterocycles. The summed E-state index contributed by atoms with van der Waals surface area (Å²) in [7, 11) is 0. The van der Waals surface area contributed by atoms with Crippen molar-refractivity contribution < 1.29 is 0 Å². The minimum atomic E-state index is 0.221. The Morgan fingerprint density at radius 3 is 2.88 bits per heavy atom. The second-order valence-corrected chi connectivity index (χ2v) is 5.35. The Balaban J connectivity index is 2.34. The normalized spacial score (nSPS) is 14.0. The zero-order valence-electron chi connectivity index (χ0n) is 10.5. The fraction of sp³-hybridized carbons (Fsp3) is 0.643. The quantitative estimate of drug-likeness (QED) is 0.603. The maximum Gasteiger partial charge on any atom is 0.254 e. The number of unbranched alkanes of at least 4 members (excludes halogenated alkanes) is 2. The summed E-state index contributed by atoms with van der Waals surface area (Å²) in [4.78, 5) is 12.3. The van der Waals surface area contributed by atoms with Crippen molar-refractivity contribution in [1.82, 2.24) is 4.57 Å². The van der Waals surface area contributed by atoms with Gasteiger partial charge in [0.15, 0.2) is 0 Å². The van der Waals surface area contributed by atoms with E-state index in [2.05, 4.69) is 28.9 Å². The van der Waals surface area contributed by atoms with Crippen LogP contribution in [0, 0.1) is 0 Å². The molecule has 1 aromatic rings. The van der Waals surface area contributed by atoms with Gasteiger partial charge in [-0.25, -0.2) is 0 Å². The highest BCUT2D eigenvalue weighted by Gasteiger charge is 2.18. The van der Waals surface area contributed by atoms with E-state index in [9.17, 15) is 4.79 Å². The molecule has 0 aromatic carbocycles. The maximum absolute atomic E-state index is 12.3. The molecule has 0 fully saturated rings. The molecule has 0 bridgehead atoms. The first kappa shape index (κ1) is 12.9. The molecule has 94 valence electrons. The van der Waals surface area contributed by atoms with Gasteiger partial charge in [0.1, 0.15) is 0 Å². The van der Waals surface area contributed by atoms with Crippen molar-refractivity contribution in [2.24, 2.45) is 0 Å². The highest BCUT2D eigenvalue weighted by atomic mass is 79.9. The van der Waals surface area contributed by atoms with Crippen LogP contribution in [0.5, 0.6) is 0 Å². The molecule has 0 N–H and O–H groups in total. The summed E-state index contributed by atoms with van der Waals surface area (Å²) in [5, 5.41) is 0.674. The largest absolute Gasteiger partial charge is 0.312 e. The molecule has 0 unspecified atom stereocenters. The number of aromatic nitrogens is 1. The Kier molecular flexibility index (Phi) is 4.43. The summed E-state index contributed by atoms with van der Waals surface area (Å²) in [6.07, 6.45) is 6.96. The second-order valence-electron chi connectivity index (χ2n) is 4.79. The lowest BCUT2D eigenvalue weighted by Gasteiger charge is -2.13. The van der Waals surface area contributed by atoms with Crippen LogP contribution < -0.4 is 5.56 Å². The number of fused-ring (bicyclic) bond motifs is 1. The maximum atomic E-state index is 12.3. The monoisotopic (exact) mass is 297 g/mol. The number of alkyl halides is 1. The topological polar surface area (TPSA) is 22.0 Å². The lowest BCUT2D eigenvalue weighted by atomic mass is 10.1. The summed E-state index contributed by atoms with van der Waals surface area (Å²) in [5.41, 5.74) is 3.84. The van der Waals surface area contributed by atoms with Gasteiger partial charge in [-0.1, -0.05) is 35.7 Å². The average Bonchev–Trinajstić information content (AvgIpc) is 2.79. The first-order valence-corrected chi connectivity index (χ1v) is 7.70. The van der Waals surface area contributed by atoms with Gasteiger partial charge in [-0.05, 0) is 37.3 Å². The van der Waals surface area contributed by atoms with E-state index in [-0.39, 0.29) is 5.56 Å². The van der Waals surface area contributed by atoms with E-state index < -0.39 is 0 Å². The molecule has 2 nitrogen and oxygen atoms in total. The van der Waals surface area contributed by atoms with Crippen molar-refractivity contribution in [3.05, 3.63) is 33.2 Å². The SMILES string of the molecule is CCCCCn1c2c(cc(CBr)c1=O)CCC2. The van der Waals surface area contributed by atoms with E-state index in [0.29, 0.717) is 5.33 Å². The number of hydrogen-bond acceptors (Lipinski definition) is 1. The molecule has 0 saturated carbocycles. The van der Waals surface area contributed by atoms with Crippen LogP contribution in [-0.2, 0) is 24.7 Å². The standard InChI is InChI=1S/C14H20BrNO/c1-2-3-4-8-16-13-7-5-6-11(13)9-12(10-15)14(16)17/h9H,2-8,10H2,1H3. The minimum absolute atomic E-state index is 0.221. The van der Waals surface area contributed by atoms with Crippen molar-refractivity contribution in [1.29, 1.82) is 0 Å². The van der Waals surface area contributed by atoms with Crippen molar-refractivity contribution in [3.8, 4) is 0 Å². The number of pyridine rings is 1. The van der Waals surface area contributed by atoms with Crippen LogP contribution in [0.15, 0.2) is 10.9 Å².